The minimum absolute atomic E-state index is 0.129. The molecule has 0 amide bonds. The summed E-state index contributed by atoms with van der Waals surface area (Å²) in [5, 5.41) is 9.60. The molecule has 12 heavy (non-hydrogen) atoms. The molecule has 2 N–H and O–H groups in total. The molecule has 1 saturated heterocycles. The zero-order valence-corrected chi connectivity index (χ0v) is 6.84. The Morgan fingerprint density at radius 3 is 2.42 bits per heavy atom. The second kappa shape index (κ2) is 2.98. The van der Waals surface area contributed by atoms with E-state index < -0.39 is 27.5 Å². The minimum atomic E-state index is -4.59. The van der Waals surface area contributed by atoms with E-state index >= 15 is 0 Å². The summed E-state index contributed by atoms with van der Waals surface area (Å²) in [7, 11) is -4.59. The number of hydrogen-bond donors (Lipinski definition) is 2. The van der Waals surface area contributed by atoms with E-state index in [4.69, 9.17) is 5.11 Å². The summed E-state index contributed by atoms with van der Waals surface area (Å²) in [6.07, 6.45) is -0.200. The molecule has 1 fully saturated rings. The van der Waals surface area contributed by atoms with Crippen LogP contribution in [0.4, 0.5) is 3.89 Å². The van der Waals surface area contributed by atoms with Gasteiger partial charge in [0.05, 0.1) is 0 Å². The standard InChI is InChI=1S/C5H8FNO4S/c6-12(10,11)3-1-4(5(8)9)7-2-3/h3-4,7H,1-2H2,(H,8,9). The molecule has 1 aliphatic heterocycles. The Labute approximate surface area is 68.8 Å². The third-order valence-electron chi connectivity index (χ3n) is 1.79. The Kier molecular flexibility index (Phi) is 2.34. The molecule has 0 spiro atoms. The van der Waals surface area contributed by atoms with Gasteiger partial charge in [-0.25, -0.2) is 0 Å². The van der Waals surface area contributed by atoms with Gasteiger partial charge in [0, 0.05) is 6.54 Å². The lowest BCUT2D eigenvalue weighted by atomic mass is 10.2. The molecule has 1 heterocycles. The van der Waals surface area contributed by atoms with Gasteiger partial charge in [-0.05, 0) is 6.42 Å². The van der Waals surface area contributed by atoms with Gasteiger partial charge in [0.15, 0.2) is 0 Å². The van der Waals surface area contributed by atoms with Crippen LogP contribution in [0.25, 0.3) is 0 Å². The van der Waals surface area contributed by atoms with Gasteiger partial charge >= 0.3 is 16.2 Å². The molecule has 1 rings (SSSR count). The smallest absolute Gasteiger partial charge is 0.320 e. The number of carboxylic acid groups (broad SMARTS) is 1. The molecule has 0 aromatic rings. The second-order valence-corrected chi connectivity index (χ2v) is 4.25. The number of halogens is 1. The van der Waals surface area contributed by atoms with Gasteiger partial charge in [-0.2, -0.15) is 8.42 Å². The van der Waals surface area contributed by atoms with Crippen molar-refractivity contribution in [3.05, 3.63) is 0 Å². The molecule has 0 aromatic carbocycles. The number of aliphatic carboxylic acids is 1. The van der Waals surface area contributed by atoms with Crippen LogP contribution in [-0.4, -0.2) is 37.3 Å². The lowest BCUT2D eigenvalue weighted by Gasteiger charge is -2.01. The third-order valence-corrected chi connectivity index (χ3v) is 2.94. The van der Waals surface area contributed by atoms with E-state index in [1.165, 1.54) is 0 Å². The molecule has 2 atom stereocenters. The molecule has 5 nitrogen and oxygen atoms in total. The highest BCUT2D eigenvalue weighted by atomic mass is 32.3. The fourth-order valence-electron chi connectivity index (χ4n) is 1.11. The lowest BCUT2D eigenvalue weighted by molar-refractivity contribution is -0.139. The van der Waals surface area contributed by atoms with Crippen molar-refractivity contribution in [2.45, 2.75) is 17.7 Å². The zero-order chi connectivity index (χ0) is 9.35. The number of nitrogens with one attached hydrogen (secondary N) is 1. The quantitative estimate of drug-likeness (QED) is 0.560. The summed E-state index contributed by atoms with van der Waals surface area (Å²) in [6.45, 7) is -0.129. The average Bonchev–Trinajstić information content (AvgIpc) is 2.30. The SMILES string of the molecule is O=C(O)C1CC(S(=O)(=O)F)CN1. The van der Waals surface area contributed by atoms with Crippen LogP contribution >= 0.6 is 0 Å². The molecule has 0 aromatic heterocycles. The molecule has 2 unspecified atom stereocenters. The predicted molar refractivity (Wildman–Crippen MR) is 37.9 cm³/mol. The van der Waals surface area contributed by atoms with Crippen molar-refractivity contribution in [2.75, 3.05) is 6.54 Å². The number of rotatable bonds is 2. The summed E-state index contributed by atoms with van der Waals surface area (Å²) < 4.78 is 32.9. The lowest BCUT2D eigenvalue weighted by Crippen LogP contribution is -2.30. The van der Waals surface area contributed by atoms with E-state index in [0.717, 1.165) is 0 Å². The number of carboxylic acids is 1. The Balaban J connectivity index is 2.64. The Hall–Kier alpha value is -0.690. The first-order valence-electron chi connectivity index (χ1n) is 3.31. The highest BCUT2D eigenvalue weighted by molar-refractivity contribution is 7.87. The van der Waals surface area contributed by atoms with E-state index in [0.29, 0.717) is 0 Å². The largest absolute Gasteiger partial charge is 0.480 e. The monoisotopic (exact) mass is 197 g/mol. The molecule has 7 heteroatoms. The van der Waals surface area contributed by atoms with Crippen molar-refractivity contribution in [1.29, 1.82) is 0 Å². The van der Waals surface area contributed by atoms with Crippen LogP contribution in [0.1, 0.15) is 6.42 Å². The molecule has 0 saturated carbocycles. The molecular weight excluding hydrogens is 189 g/mol. The molecule has 0 aliphatic carbocycles. The van der Waals surface area contributed by atoms with Crippen molar-refractivity contribution >= 4 is 16.2 Å². The first-order chi connectivity index (χ1) is 5.41. The number of hydrogen-bond acceptors (Lipinski definition) is 4. The molecule has 70 valence electrons. The third kappa shape index (κ3) is 1.92. The van der Waals surface area contributed by atoms with E-state index in [1.807, 2.05) is 0 Å². The van der Waals surface area contributed by atoms with Gasteiger partial charge in [0.1, 0.15) is 11.3 Å². The van der Waals surface area contributed by atoms with Crippen LogP contribution in [0.2, 0.25) is 0 Å². The molecule has 0 bridgehead atoms. The Morgan fingerprint density at radius 1 is 1.58 bits per heavy atom. The highest BCUT2D eigenvalue weighted by Crippen LogP contribution is 2.16. The summed E-state index contributed by atoms with van der Waals surface area (Å²) in [5.74, 6) is -1.15. The van der Waals surface area contributed by atoms with Crippen LogP contribution in [0.3, 0.4) is 0 Å². The van der Waals surface area contributed by atoms with Crippen LogP contribution in [0, 0.1) is 0 Å². The van der Waals surface area contributed by atoms with E-state index in [-0.39, 0.29) is 13.0 Å². The normalized spacial score (nSPS) is 30.4. The van der Waals surface area contributed by atoms with E-state index in [1.54, 1.807) is 0 Å². The van der Waals surface area contributed by atoms with Crippen LogP contribution in [0.5, 0.6) is 0 Å². The van der Waals surface area contributed by atoms with Gasteiger partial charge in [-0.1, -0.05) is 0 Å². The molecule has 0 radical (unpaired) electrons. The summed E-state index contributed by atoms with van der Waals surface area (Å²) >= 11 is 0. The first-order valence-corrected chi connectivity index (χ1v) is 4.75. The van der Waals surface area contributed by atoms with Gasteiger partial charge < -0.3 is 10.4 Å². The van der Waals surface area contributed by atoms with Crippen molar-refractivity contribution in [1.82, 2.24) is 5.32 Å². The Morgan fingerprint density at radius 2 is 2.17 bits per heavy atom. The van der Waals surface area contributed by atoms with Crippen molar-refractivity contribution in [3.8, 4) is 0 Å². The predicted octanol–water partition coefficient (Wildman–Crippen LogP) is -0.899. The van der Waals surface area contributed by atoms with Gasteiger partial charge in [-0.3, -0.25) is 4.79 Å². The highest BCUT2D eigenvalue weighted by Gasteiger charge is 2.37. The van der Waals surface area contributed by atoms with Crippen molar-refractivity contribution in [2.24, 2.45) is 0 Å². The zero-order valence-electron chi connectivity index (χ0n) is 6.03. The van der Waals surface area contributed by atoms with Gasteiger partial charge in [-0.15, -0.1) is 3.89 Å². The van der Waals surface area contributed by atoms with Crippen molar-refractivity contribution in [3.63, 3.8) is 0 Å². The van der Waals surface area contributed by atoms with Crippen molar-refractivity contribution < 1.29 is 22.2 Å². The molecule has 1 aliphatic rings. The summed E-state index contributed by atoms with van der Waals surface area (Å²) in [6, 6.07) is -0.944. The van der Waals surface area contributed by atoms with Crippen LogP contribution in [-0.2, 0) is 15.0 Å². The van der Waals surface area contributed by atoms with Gasteiger partial charge in [0.25, 0.3) is 0 Å². The maximum Gasteiger partial charge on any atom is 0.320 e. The fourth-order valence-corrected chi connectivity index (χ4v) is 1.82. The Bertz CT molecular complexity index is 288. The summed E-state index contributed by atoms with van der Waals surface area (Å²) in [4.78, 5) is 10.3. The molecular formula is C5H8FNO4S. The summed E-state index contributed by atoms with van der Waals surface area (Å²) in [5.41, 5.74) is 0. The number of carbonyl (C=O) groups is 1. The topological polar surface area (TPSA) is 83.5 Å². The first kappa shape index (κ1) is 9.40. The second-order valence-electron chi connectivity index (χ2n) is 2.63. The van der Waals surface area contributed by atoms with E-state index in [2.05, 4.69) is 5.32 Å². The fraction of sp³-hybridized carbons (Fsp3) is 0.800. The maximum absolute atomic E-state index is 12.3. The van der Waals surface area contributed by atoms with Gasteiger partial charge in [0.2, 0.25) is 0 Å². The average molecular weight is 197 g/mol. The van der Waals surface area contributed by atoms with E-state index in [9.17, 15) is 17.1 Å². The minimum Gasteiger partial charge on any atom is -0.480 e. The maximum atomic E-state index is 12.3. The van der Waals surface area contributed by atoms with Crippen LogP contribution in [0.15, 0.2) is 0 Å². The van der Waals surface area contributed by atoms with Crippen LogP contribution < -0.4 is 5.32 Å².